The van der Waals surface area contributed by atoms with Crippen LogP contribution in [0.5, 0.6) is 0 Å². The fourth-order valence-corrected chi connectivity index (χ4v) is 2.74. The molecule has 0 amide bonds. The maximum atomic E-state index is 3.61. The summed E-state index contributed by atoms with van der Waals surface area (Å²) in [6, 6.07) is 18.2. The summed E-state index contributed by atoms with van der Waals surface area (Å²) in [6.07, 6.45) is 2.67. The van der Waals surface area contributed by atoms with Crippen LogP contribution < -0.4 is 10.2 Å². The molecular formula is C19H24N2. The molecule has 2 aromatic carbocycles. The Morgan fingerprint density at radius 2 is 1.90 bits per heavy atom. The Kier molecular flexibility index (Phi) is 4.26. The zero-order chi connectivity index (χ0) is 14.7. The van der Waals surface area contributed by atoms with Crippen LogP contribution >= 0.6 is 0 Å². The quantitative estimate of drug-likeness (QED) is 0.863. The van der Waals surface area contributed by atoms with Crippen LogP contribution in [-0.2, 0) is 13.1 Å². The van der Waals surface area contributed by atoms with Gasteiger partial charge in [0.05, 0.1) is 0 Å². The molecule has 2 nitrogen and oxygen atoms in total. The minimum absolute atomic E-state index is 0.750. The Hall–Kier alpha value is -1.80. The third-order valence-electron chi connectivity index (χ3n) is 4.06. The highest BCUT2D eigenvalue weighted by Crippen LogP contribution is 2.24. The number of rotatable bonds is 6. The Bertz CT molecular complexity index is 602. The highest BCUT2D eigenvalue weighted by Gasteiger charge is 2.20. The lowest BCUT2D eigenvalue weighted by Crippen LogP contribution is -2.21. The van der Waals surface area contributed by atoms with Gasteiger partial charge in [-0.1, -0.05) is 48.0 Å². The Morgan fingerprint density at radius 1 is 1.10 bits per heavy atom. The normalized spacial score (nSPS) is 14.2. The molecule has 0 bridgehead atoms. The Balaban J connectivity index is 1.72. The summed E-state index contributed by atoms with van der Waals surface area (Å²) in [7, 11) is 2.18. The van der Waals surface area contributed by atoms with Crippen LogP contribution in [0.2, 0.25) is 0 Å². The highest BCUT2D eigenvalue weighted by molar-refractivity contribution is 5.53. The summed E-state index contributed by atoms with van der Waals surface area (Å²) in [5, 5.41) is 3.61. The molecule has 0 atom stereocenters. The molecule has 2 heteroatoms. The minimum atomic E-state index is 0.750. The zero-order valence-electron chi connectivity index (χ0n) is 13.0. The summed E-state index contributed by atoms with van der Waals surface area (Å²) >= 11 is 0. The monoisotopic (exact) mass is 280 g/mol. The van der Waals surface area contributed by atoms with Gasteiger partial charge in [0.2, 0.25) is 0 Å². The number of hydrogen-bond acceptors (Lipinski definition) is 2. The van der Waals surface area contributed by atoms with Gasteiger partial charge in [-0.25, -0.2) is 0 Å². The molecule has 1 N–H and O–H groups in total. The molecule has 1 fully saturated rings. The second-order valence-corrected chi connectivity index (χ2v) is 6.13. The molecule has 2 aromatic rings. The summed E-state index contributed by atoms with van der Waals surface area (Å²) in [5.41, 5.74) is 5.40. The number of anilines is 1. The van der Waals surface area contributed by atoms with Crippen LogP contribution in [0, 0.1) is 6.92 Å². The first kappa shape index (κ1) is 14.2. The predicted molar refractivity (Wildman–Crippen MR) is 89.6 cm³/mol. The van der Waals surface area contributed by atoms with Gasteiger partial charge in [0.1, 0.15) is 0 Å². The topological polar surface area (TPSA) is 15.3 Å². The van der Waals surface area contributed by atoms with Gasteiger partial charge in [-0.15, -0.1) is 0 Å². The molecule has 1 aliphatic rings. The van der Waals surface area contributed by atoms with E-state index in [1.54, 1.807) is 0 Å². The van der Waals surface area contributed by atoms with Crippen molar-refractivity contribution in [3.8, 4) is 0 Å². The van der Waals surface area contributed by atoms with Gasteiger partial charge in [-0.2, -0.15) is 0 Å². The average Bonchev–Trinajstić information content (AvgIpc) is 3.29. The lowest BCUT2D eigenvalue weighted by atomic mass is 10.1. The molecule has 0 aromatic heterocycles. The fourth-order valence-electron chi connectivity index (χ4n) is 2.74. The van der Waals surface area contributed by atoms with Crippen molar-refractivity contribution in [2.24, 2.45) is 0 Å². The molecule has 110 valence electrons. The maximum absolute atomic E-state index is 3.61. The van der Waals surface area contributed by atoms with E-state index in [0.29, 0.717) is 0 Å². The first-order valence-corrected chi connectivity index (χ1v) is 7.80. The van der Waals surface area contributed by atoms with E-state index >= 15 is 0 Å². The van der Waals surface area contributed by atoms with E-state index in [2.05, 4.69) is 72.7 Å². The second kappa shape index (κ2) is 6.31. The van der Waals surface area contributed by atoms with E-state index in [1.807, 2.05) is 0 Å². The van der Waals surface area contributed by atoms with Crippen molar-refractivity contribution in [1.82, 2.24) is 5.32 Å². The molecule has 0 radical (unpaired) electrons. The average molecular weight is 280 g/mol. The molecule has 0 saturated heterocycles. The lowest BCUT2D eigenvalue weighted by Gasteiger charge is -2.23. The van der Waals surface area contributed by atoms with E-state index < -0.39 is 0 Å². The summed E-state index contributed by atoms with van der Waals surface area (Å²) in [4.78, 5) is 2.35. The van der Waals surface area contributed by atoms with Crippen molar-refractivity contribution in [2.75, 3.05) is 11.9 Å². The van der Waals surface area contributed by atoms with E-state index in [4.69, 9.17) is 0 Å². The van der Waals surface area contributed by atoms with Gasteiger partial charge < -0.3 is 10.2 Å². The molecule has 1 saturated carbocycles. The first-order chi connectivity index (χ1) is 10.2. The van der Waals surface area contributed by atoms with Crippen molar-refractivity contribution < 1.29 is 0 Å². The molecule has 1 aliphatic carbocycles. The molecule has 0 unspecified atom stereocenters. The van der Waals surface area contributed by atoms with E-state index in [-0.39, 0.29) is 0 Å². The predicted octanol–water partition coefficient (Wildman–Crippen LogP) is 3.88. The number of nitrogens with zero attached hydrogens (tertiary/aromatic N) is 1. The minimum Gasteiger partial charge on any atom is -0.370 e. The van der Waals surface area contributed by atoms with Crippen LogP contribution in [0.25, 0.3) is 0 Å². The summed E-state index contributed by atoms with van der Waals surface area (Å²) < 4.78 is 0. The van der Waals surface area contributed by atoms with Gasteiger partial charge in [0.25, 0.3) is 0 Å². The van der Waals surface area contributed by atoms with Crippen LogP contribution in [0.3, 0.4) is 0 Å². The van der Waals surface area contributed by atoms with Crippen LogP contribution in [0.15, 0.2) is 48.5 Å². The van der Waals surface area contributed by atoms with Gasteiger partial charge in [-0.05, 0) is 37.0 Å². The van der Waals surface area contributed by atoms with Gasteiger partial charge in [0, 0.05) is 31.9 Å². The third-order valence-corrected chi connectivity index (χ3v) is 4.06. The smallest absolute Gasteiger partial charge is 0.0426 e. The highest BCUT2D eigenvalue weighted by atomic mass is 15.1. The van der Waals surface area contributed by atoms with Crippen molar-refractivity contribution in [3.63, 3.8) is 0 Å². The standard InChI is InChI=1S/C19H24N2/c1-15-6-5-7-16(12-15)14-21(2)19-9-4-3-8-17(19)13-20-18-10-11-18/h3-9,12,18,20H,10-11,13-14H2,1-2H3. The van der Waals surface area contributed by atoms with Crippen molar-refractivity contribution in [3.05, 3.63) is 65.2 Å². The van der Waals surface area contributed by atoms with Crippen molar-refractivity contribution in [1.29, 1.82) is 0 Å². The number of para-hydroxylation sites is 1. The molecule has 21 heavy (non-hydrogen) atoms. The van der Waals surface area contributed by atoms with Crippen molar-refractivity contribution >= 4 is 5.69 Å². The van der Waals surface area contributed by atoms with E-state index in [9.17, 15) is 0 Å². The maximum Gasteiger partial charge on any atom is 0.0426 e. The van der Waals surface area contributed by atoms with Crippen LogP contribution in [-0.4, -0.2) is 13.1 Å². The Morgan fingerprint density at radius 3 is 2.67 bits per heavy atom. The summed E-state index contributed by atoms with van der Waals surface area (Å²) in [5.74, 6) is 0. The largest absolute Gasteiger partial charge is 0.370 e. The first-order valence-electron chi connectivity index (χ1n) is 7.80. The van der Waals surface area contributed by atoms with Crippen molar-refractivity contribution in [2.45, 2.75) is 38.9 Å². The molecular weight excluding hydrogens is 256 g/mol. The SMILES string of the molecule is Cc1cccc(CN(C)c2ccccc2CNC2CC2)c1. The van der Waals surface area contributed by atoms with Gasteiger partial charge in [-0.3, -0.25) is 0 Å². The molecule has 3 rings (SSSR count). The second-order valence-electron chi connectivity index (χ2n) is 6.13. The van der Waals surface area contributed by atoms with Gasteiger partial charge >= 0.3 is 0 Å². The van der Waals surface area contributed by atoms with Crippen LogP contribution in [0.1, 0.15) is 29.5 Å². The number of benzene rings is 2. The van der Waals surface area contributed by atoms with E-state index in [1.165, 1.54) is 35.2 Å². The summed E-state index contributed by atoms with van der Waals surface area (Å²) in [6.45, 7) is 4.07. The zero-order valence-corrected chi connectivity index (χ0v) is 13.0. The van der Waals surface area contributed by atoms with E-state index in [0.717, 1.165) is 19.1 Å². The number of hydrogen-bond donors (Lipinski definition) is 1. The fraction of sp³-hybridized carbons (Fsp3) is 0.368. The molecule has 0 spiro atoms. The lowest BCUT2D eigenvalue weighted by molar-refractivity contribution is 0.685. The number of aryl methyl sites for hydroxylation is 1. The van der Waals surface area contributed by atoms with Crippen LogP contribution in [0.4, 0.5) is 5.69 Å². The number of nitrogens with one attached hydrogen (secondary N) is 1. The third kappa shape index (κ3) is 3.85. The Labute approximate surface area is 127 Å². The van der Waals surface area contributed by atoms with Gasteiger partial charge in [0.15, 0.2) is 0 Å². The molecule has 0 heterocycles. The molecule has 0 aliphatic heterocycles.